The molecule has 0 aromatic carbocycles. The van der Waals surface area contributed by atoms with Gasteiger partial charge < -0.3 is 15.1 Å². The van der Waals surface area contributed by atoms with Crippen molar-refractivity contribution in [2.24, 2.45) is 4.99 Å². The fourth-order valence-corrected chi connectivity index (χ4v) is 2.49. The molecule has 120 valence electrons. The molecule has 2 aromatic rings. The largest absolute Gasteiger partial charge is 0.443 e. The van der Waals surface area contributed by atoms with Crippen LogP contribution in [0.25, 0.3) is 0 Å². The first kappa shape index (κ1) is 16.5. The molecule has 6 nitrogen and oxygen atoms in total. The third kappa shape index (κ3) is 4.56. The smallest absolute Gasteiger partial charge is 0.213 e. The predicted octanol–water partition coefficient (Wildman–Crippen LogP) is 2.60. The quantitative estimate of drug-likeness (QED) is 0.669. The molecular formula is C15H23N5OS. The lowest BCUT2D eigenvalue weighted by Crippen LogP contribution is -2.36. The third-order valence-electron chi connectivity index (χ3n) is 3.00. The molecule has 22 heavy (non-hydrogen) atoms. The number of aliphatic imine (C=N–C) groups is 1. The van der Waals surface area contributed by atoms with Crippen LogP contribution in [0, 0.1) is 6.92 Å². The van der Waals surface area contributed by atoms with E-state index in [1.54, 1.807) is 24.6 Å². The van der Waals surface area contributed by atoms with Gasteiger partial charge in [0.05, 0.1) is 19.3 Å². The van der Waals surface area contributed by atoms with Gasteiger partial charge in [0.25, 0.3) is 0 Å². The molecule has 0 unspecified atom stereocenters. The van der Waals surface area contributed by atoms with Crippen LogP contribution in [0.1, 0.15) is 42.3 Å². The summed E-state index contributed by atoms with van der Waals surface area (Å²) in [5.41, 5.74) is -0.0339. The van der Waals surface area contributed by atoms with E-state index in [1.165, 1.54) is 4.88 Å². The minimum atomic E-state index is -0.0339. The first-order valence-electron chi connectivity index (χ1n) is 7.19. The van der Waals surface area contributed by atoms with Crippen LogP contribution in [0.2, 0.25) is 0 Å². The monoisotopic (exact) mass is 321 g/mol. The molecular weight excluding hydrogens is 298 g/mol. The highest BCUT2D eigenvalue weighted by Crippen LogP contribution is 2.22. The Morgan fingerprint density at radius 2 is 1.95 bits per heavy atom. The zero-order chi connectivity index (χ0) is 16.2. The number of hydrogen-bond donors (Lipinski definition) is 2. The van der Waals surface area contributed by atoms with Crippen LogP contribution in [-0.2, 0) is 18.5 Å². The van der Waals surface area contributed by atoms with Gasteiger partial charge in [0, 0.05) is 23.5 Å². The van der Waals surface area contributed by atoms with Crippen molar-refractivity contribution in [1.29, 1.82) is 0 Å². The summed E-state index contributed by atoms with van der Waals surface area (Å²) in [4.78, 5) is 14.0. The third-order valence-corrected chi connectivity index (χ3v) is 3.91. The number of nitrogens with one attached hydrogen (secondary N) is 2. The SMILES string of the molecule is CN=C(NCc1ncc(C(C)(C)C)o1)NCc1ncc(C)s1. The van der Waals surface area contributed by atoms with Crippen LogP contribution in [0.5, 0.6) is 0 Å². The molecule has 0 radical (unpaired) electrons. The number of oxazole rings is 1. The maximum atomic E-state index is 5.74. The van der Waals surface area contributed by atoms with Gasteiger partial charge in [-0.2, -0.15) is 0 Å². The molecule has 7 heteroatoms. The summed E-state index contributed by atoms with van der Waals surface area (Å²) in [6.45, 7) is 9.48. The highest BCUT2D eigenvalue weighted by Gasteiger charge is 2.19. The summed E-state index contributed by atoms with van der Waals surface area (Å²) in [6.07, 6.45) is 3.66. The Hall–Kier alpha value is -1.89. The Balaban J connectivity index is 1.85. The van der Waals surface area contributed by atoms with E-state index < -0.39 is 0 Å². The molecule has 0 bridgehead atoms. The van der Waals surface area contributed by atoms with E-state index in [-0.39, 0.29) is 5.41 Å². The topological polar surface area (TPSA) is 75.3 Å². The Morgan fingerprint density at radius 3 is 2.50 bits per heavy atom. The van der Waals surface area contributed by atoms with E-state index in [2.05, 4.69) is 46.4 Å². The van der Waals surface area contributed by atoms with Gasteiger partial charge in [-0.25, -0.2) is 9.97 Å². The highest BCUT2D eigenvalue weighted by molar-refractivity contribution is 7.11. The first-order chi connectivity index (χ1) is 10.4. The van der Waals surface area contributed by atoms with Gasteiger partial charge in [-0.3, -0.25) is 4.99 Å². The van der Waals surface area contributed by atoms with Crippen LogP contribution in [-0.4, -0.2) is 23.0 Å². The second-order valence-corrected chi connectivity index (χ2v) is 7.33. The van der Waals surface area contributed by atoms with Crippen LogP contribution in [0.3, 0.4) is 0 Å². The molecule has 2 N–H and O–H groups in total. The van der Waals surface area contributed by atoms with E-state index in [0.717, 1.165) is 10.8 Å². The summed E-state index contributed by atoms with van der Waals surface area (Å²) >= 11 is 1.67. The van der Waals surface area contributed by atoms with Crippen molar-refractivity contribution in [1.82, 2.24) is 20.6 Å². The van der Waals surface area contributed by atoms with Gasteiger partial charge in [-0.1, -0.05) is 20.8 Å². The highest BCUT2D eigenvalue weighted by atomic mass is 32.1. The zero-order valence-corrected chi connectivity index (χ0v) is 14.5. The van der Waals surface area contributed by atoms with Gasteiger partial charge >= 0.3 is 0 Å². The maximum Gasteiger partial charge on any atom is 0.213 e. The molecule has 2 heterocycles. The molecule has 0 saturated carbocycles. The lowest BCUT2D eigenvalue weighted by atomic mass is 9.94. The molecule has 0 fully saturated rings. The summed E-state index contributed by atoms with van der Waals surface area (Å²) in [6, 6.07) is 0. The minimum absolute atomic E-state index is 0.0339. The van der Waals surface area contributed by atoms with Gasteiger partial charge in [0.15, 0.2) is 5.96 Å². The summed E-state index contributed by atoms with van der Waals surface area (Å²) in [5.74, 6) is 2.23. The average Bonchev–Trinajstić information content (AvgIpc) is 3.07. The molecule has 0 atom stereocenters. The van der Waals surface area contributed by atoms with Crippen molar-refractivity contribution >= 4 is 17.3 Å². The van der Waals surface area contributed by atoms with Gasteiger partial charge in [0.2, 0.25) is 5.89 Å². The van der Waals surface area contributed by atoms with Crippen molar-refractivity contribution in [3.05, 3.63) is 33.9 Å². The van der Waals surface area contributed by atoms with Crippen molar-refractivity contribution in [2.45, 2.75) is 46.2 Å². The Morgan fingerprint density at radius 1 is 1.23 bits per heavy atom. The van der Waals surface area contributed by atoms with Crippen molar-refractivity contribution in [3.8, 4) is 0 Å². The van der Waals surface area contributed by atoms with E-state index in [4.69, 9.17) is 4.42 Å². The normalized spacial score (nSPS) is 12.5. The number of guanidine groups is 1. The summed E-state index contributed by atoms with van der Waals surface area (Å²) < 4.78 is 5.74. The molecule has 2 aromatic heterocycles. The van der Waals surface area contributed by atoms with Gasteiger partial charge in [-0.05, 0) is 6.92 Å². The number of thiazole rings is 1. The Kier molecular flexibility index (Phi) is 5.18. The van der Waals surface area contributed by atoms with E-state index in [9.17, 15) is 0 Å². The fourth-order valence-electron chi connectivity index (χ4n) is 1.76. The summed E-state index contributed by atoms with van der Waals surface area (Å²) in [5, 5.41) is 7.44. The summed E-state index contributed by atoms with van der Waals surface area (Å²) in [7, 11) is 1.73. The zero-order valence-electron chi connectivity index (χ0n) is 13.7. The Bertz CT molecular complexity index is 638. The number of nitrogens with zero attached hydrogens (tertiary/aromatic N) is 3. The average molecular weight is 321 g/mol. The molecule has 0 aliphatic rings. The van der Waals surface area contributed by atoms with Crippen LogP contribution in [0.15, 0.2) is 21.8 Å². The molecule has 0 saturated heterocycles. The molecule has 0 spiro atoms. The Labute approximate surface area is 135 Å². The number of aryl methyl sites for hydroxylation is 1. The molecule has 0 amide bonds. The maximum absolute atomic E-state index is 5.74. The van der Waals surface area contributed by atoms with E-state index in [0.29, 0.717) is 24.9 Å². The number of rotatable bonds is 4. The van der Waals surface area contributed by atoms with Crippen LogP contribution in [0.4, 0.5) is 0 Å². The molecule has 0 aliphatic carbocycles. The van der Waals surface area contributed by atoms with Crippen molar-refractivity contribution in [3.63, 3.8) is 0 Å². The van der Waals surface area contributed by atoms with Crippen LogP contribution < -0.4 is 10.6 Å². The lowest BCUT2D eigenvalue weighted by Gasteiger charge is -2.13. The van der Waals surface area contributed by atoms with Crippen molar-refractivity contribution in [2.75, 3.05) is 7.05 Å². The second-order valence-electron chi connectivity index (χ2n) is 6.01. The molecule has 2 rings (SSSR count). The first-order valence-corrected chi connectivity index (χ1v) is 8.01. The lowest BCUT2D eigenvalue weighted by molar-refractivity contribution is 0.379. The van der Waals surface area contributed by atoms with Gasteiger partial charge in [0.1, 0.15) is 10.8 Å². The minimum Gasteiger partial charge on any atom is -0.443 e. The second kappa shape index (κ2) is 6.91. The fraction of sp³-hybridized carbons (Fsp3) is 0.533. The standard InChI is InChI=1S/C15H23N5OS/c1-10-6-18-13(22-10)9-20-14(16-5)19-8-12-17-7-11(21-12)15(2,3)4/h6-7H,8-9H2,1-5H3,(H2,16,19,20). The van der Waals surface area contributed by atoms with Gasteiger partial charge in [-0.15, -0.1) is 11.3 Å². The number of hydrogen-bond acceptors (Lipinski definition) is 5. The number of aromatic nitrogens is 2. The van der Waals surface area contributed by atoms with Crippen LogP contribution >= 0.6 is 11.3 Å². The van der Waals surface area contributed by atoms with E-state index >= 15 is 0 Å². The van der Waals surface area contributed by atoms with E-state index in [1.807, 2.05) is 13.1 Å². The molecule has 0 aliphatic heterocycles. The predicted molar refractivity (Wildman–Crippen MR) is 89.1 cm³/mol. The van der Waals surface area contributed by atoms with Crippen molar-refractivity contribution < 1.29 is 4.42 Å².